The summed E-state index contributed by atoms with van der Waals surface area (Å²) in [4.78, 5) is 0. The molecular formula is C14H18Cl2O. The molecule has 17 heavy (non-hydrogen) atoms. The largest absolute Gasteiger partial charge is 0.373 e. The Balaban J connectivity index is 1.91. The zero-order valence-corrected chi connectivity index (χ0v) is 11.8. The number of rotatable bonds is 4. The molecule has 0 N–H and O–H groups in total. The van der Waals surface area contributed by atoms with Crippen molar-refractivity contribution in [3.05, 3.63) is 34.9 Å². The van der Waals surface area contributed by atoms with Crippen LogP contribution >= 0.6 is 23.2 Å². The first kappa shape index (κ1) is 13.2. The van der Waals surface area contributed by atoms with E-state index < -0.39 is 0 Å². The van der Waals surface area contributed by atoms with Gasteiger partial charge in [-0.15, -0.1) is 11.6 Å². The van der Waals surface area contributed by atoms with Gasteiger partial charge in [-0.05, 0) is 30.5 Å². The molecule has 94 valence electrons. The lowest BCUT2D eigenvalue weighted by Gasteiger charge is -2.50. The van der Waals surface area contributed by atoms with E-state index in [0.29, 0.717) is 6.61 Å². The number of hydrogen-bond donors (Lipinski definition) is 0. The fourth-order valence-corrected chi connectivity index (χ4v) is 2.97. The van der Waals surface area contributed by atoms with Crippen LogP contribution in [0.4, 0.5) is 0 Å². The van der Waals surface area contributed by atoms with Gasteiger partial charge in [-0.1, -0.05) is 37.6 Å². The minimum absolute atomic E-state index is 0.125. The van der Waals surface area contributed by atoms with Gasteiger partial charge < -0.3 is 4.74 Å². The average molecular weight is 273 g/mol. The lowest BCUT2D eigenvalue weighted by Crippen LogP contribution is -2.53. The molecule has 0 heterocycles. The molecule has 3 unspecified atom stereocenters. The molecule has 1 aromatic carbocycles. The molecule has 0 saturated heterocycles. The summed E-state index contributed by atoms with van der Waals surface area (Å²) in [5, 5.41) is 1.00. The maximum Gasteiger partial charge on any atom is 0.0721 e. The zero-order chi connectivity index (χ0) is 12.5. The van der Waals surface area contributed by atoms with Crippen LogP contribution in [0.25, 0.3) is 0 Å². The Morgan fingerprint density at radius 3 is 2.82 bits per heavy atom. The van der Waals surface area contributed by atoms with Crippen LogP contribution < -0.4 is 0 Å². The van der Waals surface area contributed by atoms with Crippen molar-refractivity contribution < 1.29 is 4.74 Å². The molecule has 2 rings (SSSR count). The lowest BCUT2D eigenvalue weighted by molar-refractivity contribution is -0.108. The summed E-state index contributed by atoms with van der Waals surface area (Å²) in [6.45, 7) is 4.99. The van der Waals surface area contributed by atoms with Crippen LogP contribution in [-0.2, 0) is 11.3 Å². The zero-order valence-electron chi connectivity index (χ0n) is 10.2. The van der Waals surface area contributed by atoms with E-state index in [1.807, 2.05) is 24.3 Å². The van der Waals surface area contributed by atoms with E-state index in [9.17, 15) is 0 Å². The Kier molecular flexibility index (Phi) is 4.02. The highest BCUT2D eigenvalue weighted by Crippen LogP contribution is 2.49. The second-order valence-electron chi connectivity index (χ2n) is 4.99. The minimum atomic E-state index is 0.125. The van der Waals surface area contributed by atoms with Gasteiger partial charge in [0.2, 0.25) is 0 Å². The normalized spacial score (nSPS) is 32.2. The van der Waals surface area contributed by atoms with Crippen molar-refractivity contribution in [2.75, 3.05) is 0 Å². The number of alkyl halides is 1. The molecule has 0 spiro atoms. The molecule has 1 fully saturated rings. The highest BCUT2D eigenvalue weighted by atomic mass is 35.5. The fourth-order valence-electron chi connectivity index (χ4n) is 2.30. The number of hydrogen-bond acceptors (Lipinski definition) is 1. The van der Waals surface area contributed by atoms with Gasteiger partial charge in [0, 0.05) is 15.8 Å². The van der Waals surface area contributed by atoms with Crippen LogP contribution in [0.2, 0.25) is 5.02 Å². The third-order valence-electron chi connectivity index (χ3n) is 3.97. The predicted octanol–water partition coefficient (Wildman–Crippen LogP) is 4.65. The van der Waals surface area contributed by atoms with Gasteiger partial charge in [0.05, 0.1) is 12.7 Å². The summed E-state index contributed by atoms with van der Waals surface area (Å²) in [5.41, 5.74) is 1.24. The SMILES string of the molecule is CCC1(C)C(Cl)CC1OCc1cccc(Cl)c1. The Morgan fingerprint density at radius 1 is 1.47 bits per heavy atom. The number of ether oxygens (including phenoxy) is 1. The standard InChI is InChI=1S/C14H18Cl2O/c1-3-14(2)12(16)8-13(14)17-9-10-5-4-6-11(15)7-10/h4-7,12-13H,3,8-9H2,1-2H3. The third kappa shape index (κ3) is 2.62. The van der Waals surface area contributed by atoms with Crippen LogP contribution in [0, 0.1) is 5.41 Å². The second kappa shape index (κ2) is 5.17. The van der Waals surface area contributed by atoms with Gasteiger partial charge in [-0.25, -0.2) is 0 Å². The van der Waals surface area contributed by atoms with E-state index in [4.69, 9.17) is 27.9 Å². The van der Waals surface area contributed by atoms with Crippen molar-refractivity contribution in [2.45, 2.75) is 44.8 Å². The molecule has 0 aromatic heterocycles. The summed E-state index contributed by atoms with van der Waals surface area (Å²) in [5.74, 6) is 0. The average Bonchev–Trinajstić information content (AvgIpc) is 2.33. The van der Waals surface area contributed by atoms with E-state index in [2.05, 4.69) is 13.8 Å². The highest BCUT2D eigenvalue weighted by Gasteiger charge is 2.50. The Hall–Kier alpha value is -0.240. The Bertz CT molecular complexity index is 394. The maximum atomic E-state index is 6.26. The van der Waals surface area contributed by atoms with E-state index in [1.54, 1.807) is 0 Å². The minimum Gasteiger partial charge on any atom is -0.373 e. The third-order valence-corrected chi connectivity index (χ3v) is 4.89. The van der Waals surface area contributed by atoms with Crippen LogP contribution in [0.5, 0.6) is 0 Å². The van der Waals surface area contributed by atoms with Crippen molar-refractivity contribution in [3.8, 4) is 0 Å². The van der Waals surface area contributed by atoms with E-state index in [1.165, 1.54) is 0 Å². The second-order valence-corrected chi connectivity index (χ2v) is 5.96. The van der Waals surface area contributed by atoms with Crippen LogP contribution in [0.1, 0.15) is 32.3 Å². The van der Waals surface area contributed by atoms with Gasteiger partial charge >= 0.3 is 0 Å². The molecule has 1 aliphatic carbocycles. The summed E-state index contributed by atoms with van der Waals surface area (Å²) >= 11 is 12.2. The van der Waals surface area contributed by atoms with Crippen molar-refractivity contribution in [2.24, 2.45) is 5.41 Å². The molecule has 1 nitrogen and oxygen atoms in total. The monoisotopic (exact) mass is 272 g/mol. The molecule has 3 atom stereocenters. The van der Waals surface area contributed by atoms with Gasteiger partial charge in [0.15, 0.2) is 0 Å². The molecule has 0 bridgehead atoms. The first-order valence-electron chi connectivity index (χ1n) is 6.06. The maximum absolute atomic E-state index is 6.26. The first-order chi connectivity index (χ1) is 8.06. The summed E-state index contributed by atoms with van der Waals surface area (Å²) in [6.07, 6.45) is 2.28. The molecule has 1 saturated carbocycles. The number of benzene rings is 1. The van der Waals surface area contributed by atoms with Crippen molar-refractivity contribution >= 4 is 23.2 Å². The fraction of sp³-hybridized carbons (Fsp3) is 0.571. The van der Waals surface area contributed by atoms with Gasteiger partial charge in [0.1, 0.15) is 0 Å². The molecule has 1 aliphatic rings. The van der Waals surface area contributed by atoms with Crippen LogP contribution in [0.3, 0.4) is 0 Å². The topological polar surface area (TPSA) is 9.23 Å². The lowest BCUT2D eigenvalue weighted by atomic mass is 9.65. The highest BCUT2D eigenvalue weighted by molar-refractivity contribution is 6.30. The van der Waals surface area contributed by atoms with Crippen LogP contribution in [0.15, 0.2) is 24.3 Å². The van der Waals surface area contributed by atoms with Gasteiger partial charge in [-0.3, -0.25) is 0 Å². The summed E-state index contributed by atoms with van der Waals surface area (Å²) < 4.78 is 5.95. The quantitative estimate of drug-likeness (QED) is 0.725. The molecule has 0 amide bonds. The molecule has 0 aliphatic heterocycles. The Labute approximate surface area is 113 Å². The Morgan fingerprint density at radius 2 is 2.24 bits per heavy atom. The molecule has 3 heteroatoms. The van der Waals surface area contributed by atoms with Crippen molar-refractivity contribution in [1.29, 1.82) is 0 Å². The smallest absolute Gasteiger partial charge is 0.0721 e. The molecular weight excluding hydrogens is 255 g/mol. The number of halogens is 2. The molecule has 1 aromatic rings. The predicted molar refractivity (Wildman–Crippen MR) is 72.7 cm³/mol. The van der Waals surface area contributed by atoms with Gasteiger partial charge in [0.25, 0.3) is 0 Å². The van der Waals surface area contributed by atoms with Crippen molar-refractivity contribution in [1.82, 2.24) is 0 Å². The van der Waals surface area contributed by atoms with Crippen LogP contribution in [-0.4, -0.2) is 11.5 Å². The summed E-state index contributed by atoms with van der Waals surface area (Å²) in [6, 6.07) is 7.80. The first-order valence-corrected chi connectivity index (χ1v) is 6.88. The van der Waals surface area contributed by atoms with E-state index >= 15 is 0 Å². The summed E-state index contributed by atoms with van der Waals surface area (Å²) in [7, 11) is 0. The van der Waals surface area contributed by atoms with Gasteiger partial charge in [-0.2, -0.15) is 0 Å². The molecule has 0 radical (unpaired) electrons. The van der Waals surface area contributed by atoms with E-state index in [-0.39, 0.29) is 16.9 Å². The van der Waals surface area contributed by atoms with Crippen molar-refractivity contribution in [3.63, 3.8) is 0 Å². The van der Waals surface area contributed by atoms with E-state index in [0.717, 1.165) is 23.4 Å².